The van der Waals surface area contributed by atoms with Crippen LogP contribution in [-0.4, -0.2) is 26.8 Å². The van der Waals surface area contributed by atoms with Crippen LogP contribution in [0.1, 0.15) is 34.2 Å². The van der Waals surface area contributed by atoms with Gasteiger partial charge in [0.15, 0.2) is 0 Å². The van der Waals surface area contributed by atoms with Crippen molar-refractivity contribution in [2.75, 3.05) is 0 Å². The number of aromatic nitrogens is 2. The van der Waals surface area contributed by atoms with Crippen molar-refractivity contribution in [3.8, 4) is 5.75 Å². The molecular weight excluding hydrogens is 285 g/mol. The predicted octanol–water partition coefficient (Wildman–Crippen LogP) is 2.24. The zero-order valence-electron chi connectivity index (χ0n) is 13.1. The molecule has 0 saturated heterocycles. The molecule has 1 aromatic carbocycles. The van der Waals surface area contributed by atoms with Gasteiger partial charge in [-0.15, -0.1) is 0 Å². The van der Waals surface area contributed by atoms with Crippen molar-refractivity contribution in [2.24, 2.45) is 7.05 Å². The second-order valence-electron chi connectivity index (χ2n) is 5.52. The molecule has 0 aliphatic heterocycles. The Bertz CT molecular complexity index is 710. The van der Waals surface area contributed by atoms with Crippen LogP contribution in [0.2, 0.25) is 0 Å². The summed E-state index contributed by atoms with van der Waals surface area (Å²) in [6.07, 6.45) is 0.622. The fourth-order valence-corrected chi connectivity index (χ4v) is 2.46. The molecule has 5 nitrogen and oxygen atoms in total. The number of amides is 1. The van der Waals surface area contributed by atoms with Crippen molar-refractivity contribution in [2.45, 2.75) is 33.2 Å². The minimum atomic E-state index is -0.738. The second-order valence-corrected chi connectivity index (χ2v) is 5.52. The first-order valence-corrected chi connectivity index (χ1v) is 7.08. The molecule has 0 aliphatic rings. The number of nitrogens with zero attached hydrogens (tertiary/aromatic N) is 2. The van der Waals surface area contributed by atoms with E-state index in [9.17, 15) is 14.3 Å². The average molecular weight is 305 g/mol. The molecule has 118 valence electrons. The molecule has 22 heavy (non-hydrogen) atoms. The Morgan fingerprint density at radius 1 is 1.45 bits per heavy atom. The largest absolute Gasteiger partial charge is 0.508 e. The number of phenols is 1. The number of aromatic hydroxyl groups is 1. The minimum absolute atomic E-state index is 0.0794. The van der Waals surface area contributed by atoms with E-state index in [2.05, 4.69) is 10.4 Å². The number of carbonyl (C=O) groups excluding carboxylic acids is 1. The highest BCUT2D eigenvalue weighted by Crippen LogP contribution is 2.17. The van der Waals surface area contributed by atoms with Gasteiger partial charge in [0.25, 0.3) is 5.91 Å². The van der Waals surface area contributed by atoms with Crippen LogP contribution in [0.15, 0.2) is 18.2 Å². The zero-order chi connectivity index (χ0) is 16.4. The molecule has 1 unspecified atom stereocenters. The van der Waals surface area contributed by atoms with Crippen LogP contribution in [0.5, 0.6) is 5.75 Å². The van der Waals surface area contributed by atoms with Gasteiger partial charge in [0, 0.05) is 24.8 Å². The molecule has 1 aromatic heterocycles. The Morgan fingerprint density at radius 2 is 2.14 bits per heavy atom. The molecule has 2 aromatic rings. The van der Waals surface area contributed by atoms with Gasteiger partial charge in [-0.25, -0.2) is 4.39 Å². The molecule has 1 amide bonds. The van der Waals surface area contributed by atoms with Gasteiger partial charge >= 0.3 is 0 Å². The molecule has 0 fully saturated rings. The minimum Gasteiger partial charge on any atom is -0.508 e. The number of hydrogen-bond acceptors (Lipinski definition) is 3. The van der Waals surface area contributed by atoms with Crippen molar-refractivity contribution in [1.29, 1.82) is 0 Å². The van der Waals surface area contributed by atoms with E-state index in [0.717, 1.165) is 23.0 Å². The maximum absolute atomic E-state index is 13.7. The lowest BCUT2D eigenvalue weighted by Crippen LogP contribution is -2.34. The summed E-state index contributed by atoms with van der Waals surface area (Å²) in [5.74, 6) is -1.44. The van der Waals surface area contributed by atoms with Crippen molar-refractivity contribution >= 4 is 5.91 Å². The van der Waals surface area contributed by atoms with Crippen LogP contribution >= 0.6 is 0 Å². The number of phenolic OH excluding ortho intramolecular Hbond substituents is 1. The normalized spacial score (nSPS) is 12.2. The van der Waals surface area contributed by atoms with Crippen LogP contribution in [0, 0.1) is 19.7 Å². The van der Waals surface area contributed by atoms with Crippen molar-refractivity contribution < 1.29 is 14.3 Å². The molecule has 2 N–H and O–H groups in total. The number of hydrogen-bond donors (Lipinski definition) is 2. The van der Waals surface area contributed by atoms with Gasteiger partial charge < -0.3 is 10.4 Å². The molecule has 0 aliphatic carbocycles. The van der Waals surface area contributed by atoms with Crippen LogP contribution in [0.25, 0.3) is 0 Å². The number of halogens is 1. The molecular formula is C16H20FN3O2. The van der Waals surface area contributed by atoms with E-state index in [-0.39, 0.29) is 17.4 Å². The third-order valence-corrected chi connectivity index (χ3v) is 3.74. The first kappa shape index (κ1) is 16.0. The Kier molecular flexibility index (Phi) is 4.49. The Labute approximate surface area is 128 Å². The van der Waals surface area contributed by atoms with E-state index in [1.54, 1.807) is 4.68 Å². The number of aryl methyl sites for hydroxylation is 2. The van der Waals surface area contributed by atoms with Crippen LogP contribution in [0.3, 0.4) is 0 Å². The maximum Gasteiger partial charge on any atom is 0.254 e. The Morgan fingerprint density at radius 3 is 2.68 bits per heavy atom. The molecule has 1 heterocycles. The van der Waals surface area contributed by atoms with E-state index in [1.807, 2.05) is 27.8 Å². The zero-order valence-corrected chi connectivity index (χ0v) is 13.1. The summed E-state index contributed by atoms with van der Waals surface area (Å²) >= 11 is 0. The first-order valence-electron chi connectivity index (χ1n) is 7.08. The first-order chi connectivity index (χ1) is 10.3. The average Bonchev–Trinajstić information content (AvgIpc) is 2.65. The van der Waals surface area contributed by atoms with E-state index < -0.39 is 11.7 Å². The summed E-state index contributed by atoms with van der Waals surface area (Å²) in [6.45, 7) is 5.77. The monoisotopic (exact) mass is 305 g/mol. The van der Waals surface area contributed by atoms with Gasteiger partial charge in [-0.1, -0.05) is 0 Å². The molecule has 1 atom stereocenters. The van der Waals surface area contributed by atoms with Crippen molar-refractivity contribution in [3.05, 3.63) is 46.5 Å². The van der Waals surface area contributed by atoms with Gasteiger partial charge in [-0.3, -0.25) is 9.48 Å². The number of nitrogens with one attached hydrogen (secondary N) is 1. The molecule has 6 heteroatoms. The fraction of sp³-hybridized carbons (Fsp3) is 0.375. The number of benzene rings is 1. The fourth-order valence-electron chi connectivity index (χ4n) is 2.46. The lowest BCUT2D eigenvalue weighted by molar-refractivity contribution is 0.0936. The lowest BCUT2D eigenvalue weighted by Gasteiger charge is -2.14. The standard InChI is InChI=1S/C16H20FN3O2/c1-9(7-14-10(2)19-20(4)11(14)3)18-16(22)13-6-5-12(21)8-15(13)17/h5-6,8-9,21H,7H2,1-4H3,(H,18,22). The molecule has 0 spiro atoms. The van der Waals surface area contributed by atoms with Crippen LogP contribution in [-0.2, 0) is 13.5 Å². The third-order valence-electron chi connectivity index (χ3n) is 3.74. The van der Waals surface area contributed by atoms with Gasteiger partial charge in [0.2, 0.25) is 0 Å². The van der Waals surface area contributed by atoms with Gasteiger partial charge in [-0.05, 0) is 44.9 Å². The molecule has 0 saturated carbocycles. The quantitative estimate of drug-likeness (QED) is 0.910. The molecule has 0 bridgehead atoms. The third kappa shape index (κ3) is 3.27. The summed E-state index contributed by atoms with van der Waals surface area (Å²) < 4.78 is 15.5. The van der Waals surface area contributed by atoms with E-state index in [4.69, 9.17) is 0 Å². The van der Waals surface area contributed by atoms with E-state index >= 15 is 0 Å². The van der Waals surface area contributed by atoms with Gasteiger partial charge in [0.1, 0.15) is 11.6 Å². The summed E-state index contributed by atoms with van der Waals surface area (Å²) in [4.78, 5) is 12.1. The molecule has 0 radical (unpaired) electrons. The second kappa shape index (κ2) is 6.17. The molecule has 2 rings (SSSR count). The van der Waals surface area contributed by atoms with E-state index in [1.165, 1.54) is 12.1 Å². The van der Waals surface area contributed by atoms with Gasteiger partial charge in [0.05, 0.1) is 11.3 Å². The highest BCUT2D eigenvalue weighted by molar-refractivity contribution is 5.94. The number of carbonyl (C=O) groups is 1. The summed E-state index contributed by atoms with van der Waals surface area (Å²) in [7, 11) is 1.88. The summed E-state index contributed by atoms with van der Waals surface area (Å²) in [6, 6.07) is 3.32. The Balaban J connectivity index is 2.08. The van der Waals surface area contributed by atoms with Crippen LogP contribution in [0.4, 0.5) is 4.39 Å². The van der Waals surface area contributed by atoms with Crippen LogP contribution < -0.4 is 5.32 Å². The SMILES string of the molecule is Cc1nn(C)c(C)c1CC(C)NC(=O)c1ccc(O)cc1F. The number of rotatable bonds is 4. The summed E-state index contributed by atoms with van der Waals surface area (Å²) in [5.41, 5.74) is 2.98. The summed E-state index contributed by atoms with van der Waals surface area (Å²) in [5, 5.41) is 16.3. The smallest absolute Gasteiger partial charge is 0.254 e. The maximum atomic E-state index is 13.7. The van der Waals surface area contributed by atoms with E-state index in [0.29, 0.717) is 6.42 Å². The van der Waals surface area contributed by atoms with Crippen molar-refractivity contribution in [1.82, 2.24) is 15.1 Å². The lowest BCUT2D eigenvalue weighted by atomic mass is 10.0. The van der Waals surface area contributed by atoms with Gasteiger partial charge in [-0.2, -0.15) is 5.10 Å². The van der Waals surface area contributed by atoms with Crippen molar-refractivity contribution in [3.63, 3.8) is 0 Å². The topological polar surface area (TPSA) is 67.2 Å². The highest BCUT2D eigenvalue weighted by atomic mass is 19.1. The highest BCUT2D eigenvalue weighted by Gasteiger charge is 2.17. The Hall–Kier alpha value is -2.37. The predicted molar refractivity (Wildman–Crippen MR) is 81.4 cm³/mol.